The van der Waals surface area contributed by atoms with Crippen LogP contribution in [0.5, 0.6) is 0 Å². The van der Waals surface area contributed by atoms with Crippen molar-refractivity contribution < 1.29 is 19.1 Å². The first-order chi connectivity index (χ1) is 11.2. The van der Waals surface area contributed by atoms with Crippen molar-refractivity contribution in [1.82, 2.24) is 10.2 Å². The van der Waals surface area contributed by atoms with Crippen LogP contribution in [0.25, 0.3) is 0 Å². The minimum absolute atomic E-state index is 0.00268. The van der Waals surface area contributed by atoms with E-state index in [4.69, 9.17) is 4.74 Å². The van der Waals surface area contributed by atoms with Crippen molar-refractivity contribution >= 4 is 18.4 Å². The van der Waals surface area contributed by atoms with Gasteiger partial charge in [-0.15, -0.1) is 0 Å². The van der Waals surface area contributed by atoms with Gasteiger partial charge in [-0.25, -0.2) is 4.79 Å². The topological polar surface area (TPSA) is 75.7 Å². The van der Waals surface area contributed by atoms with Gasteiger partial charge in [-0.1, -0.05) is 39.0 Å². The second kappa shape index (κ2) is 8.47. The Morgan fingerprint density at radius 2 is 1.92 bits per heavy atom. The fraction of sp³-hybridized carbons (Fsp3) is 0.500. The van der Waals surface area contributed by atoms with Crippen LogP contribution < -0.4 is 5.32 Å². The molecule has 0 fully saturated rings. The molecule has 0 bridgehead atoms. The van der Waals surface area contributed by atoms with Crippen molar-refractivity contribution in [3.63, 3.8) is 0 Å². The summed E-state index contributed by atoms with van der Waals surface area (Å²) in [5.74, 6) is -0.406. The first-order valence-electron chi connectivity index (χ1n) is 7.97. The number of ether oxygens (including phenoxy) is 1. The molecule has 3 amide bonds. The van der Waals surface area contributed by atoms with Gasteiger partial charge in [0.15, 0.2) is 0 Å². The highest BCUT2D eigenvalue weighted by Crippen LogP contribution is 2.24. The minimum Gasteiger partial charge on any atom is -0.444 e. The molecule has 0 saturated carbocycles. The fourth-order valence-electron chi connectivity index (χ4n) is 2.12. The molecule has 0 saturated heterocycles. The standard InChI is InChI=1S/C18H26N2O4/c1-6-19-17(23)24-15(18(3,4)5)11-20(12-21)16(22)14-10-8-7-9-13(14)2/h7-10,12,15H,6,11H2,1-5H3,(H,19,23). The molecule has 1 atom stereocenters. The zero-order chi connectivity index (χ0) is 18.3. The Morgan fingerprint density at radius 1 is 1.29 bits per heavy atom. The summed E-state index contributed by atoms with van der Waals surface area (Å²) in [5.41, 5.74) is 0.805. The van der Waals surface area contributed by atoms with Crippen LogP contribution >= 0.6 is 0 Å². The number of carbonyl (C=O) groups excluding carboxylic acids is 3. The summed E-state index contributed by atoms with van der Waals surface area (Å²) in [5, 5.41) is 2.56. The number of imide groups is 1. The van der Waals surface area contributed by atoms with Crippen LogP contribution in [0.4, 0.5) is 4.79 Å². The largest absolute Gasteiger partial charge is 0.444 e. The molecule has 0 aliphatic rings. The molecule has 1 aromatic rings. The number of hydrogen-bond acceptors (Lipinski definition) is 4. The van der Waals surface area contributed by atoms with E-state index in [1.165, 1.54) is 0 Å². The van der Waals surface area contributed by atoms with E-state index in [-0.39, 0.29) is 6.54 Å². The molecular formula is C18H26N2O4. The third-order valence-electron chi connectivity index (χ3n) is 3.66. The fourth-order valence-corrected chi connectivity index (χ4v) is 2.12. The van der Waals surface area contributed by atoms with Crippen LogP contribution in [0.2, 0.25) is 0 Å². The molecule has 24 heavy (non-hydrogen) atoms. The molecule has 0 aliphatic carbocycles. The second-order valence-corrected chi connectivity index (χ2v) is 6.67. The maximum absolute atomic E-state index is 12.6. The van der Waals surface area contributed by atoms with E-state index in [1.807, 2.05) is 39.8 Å². The molecule has 0 aromatic heterocycles. The zero-order valence-electron chi connectivity index (χ0n) is 15.0. The van der Waals surface area contributed by atoms with Crippen molar-refractivity contribution in [2.45, 2.75) is 40.7 Å². The van der Waals surface area contributed by atoms with E-state index in [9.17, 15) is 14.4 Å². The highest BCUT2D eigenvalue weighted by atomic mass is 16.6. The van der Waals surface area contributed by atoms with Gasteiger partial charge in [-0.3, -0.25) is 14.5 Å². The summed E-state index contributed by atoms with van der Waals surface area (Å²) in [6.07, 6.45) is -0.706. The van der Waals surface area contributed by atoms with E-state index in [0.717, 1.165) is 10.5 Å². The van der Waals surface area contributed by atoms with Crippen LogP contribution in [-0.4, -0.2) is 42.5 Å². The van der Waals surface area contributed by atoms with E-state index in [0.29, 0.717) is 18.5 Å². The van der Waals surface area contributed by atoms with Crippen LogP contribution in [-0.2, 0) is 9.53 Å². The quantitative estimate of drug-likeness (QED) is 0.812. The number of nitrogens with zero attached hydrogens (tertiary/aromatic N) is 1. The summed E-state index contributed by atoms with van der Waals surface area (Å²) < 4.78 is 5.40. The third kappa shape index (κ3) is 5.37. The van der Waals surface area contributed by atoms with Gasteiger partial charge in [0.05, 0.1) is 6.54 Å². The van der Waals surface area contributed by atoms with Crippen LogP contribution in [0.15, 0.2) is 24.3 Å². The lowest BCUT2D eigenvalue weighted by Gasteiger charge is -2.32. The van der Waals surface area contributed by atoms with Crippen molar-refractivity contribution in [2.75, 3.05) is 13.1 Å². The lowest BCUT2D eigenvalue weighted by atomic mass is 9.88. The van der Waals surface area contributed by atoms with E-state index in [2.05, 4.69) is 5.32 Å². The summed E-state index contributed by atoms with van der Waals surface area (Å²) in [4.78, 5) is 36.9. The Hall–Kier alpha value is -2.37. The summed E-state index contributed by atoms with van der Waals surface area (Å²) in [6.45, 7) is 9.69. The van der Waals surface area contributed by atoms with Gasteiger partial charge in [0.25, 0.3) is 5.91 Å². The molecule has 1 N–H and O–H groups in total. The predicted octanol–water partition coefficient (Wildman–Crippen LogP) is 2.75. The number of aryl methyl sites for hydroxylation is 1. The summed E-state index contributed by atoms with van der Waals surface area (Å²) >= 11 is 0. The Balaban J connectivity index is 2.97. The lowest BCUT2D eigenvalue weighted by molar-refractivity contribution is -0.118. The van der Waals surface area contributed by atoms with Gasteiger partial charge in [0.1, 0.15) is 6.10 Å². The van der Waals surface area contributed by atoms with Gasteiger partial charge >= 0.3 is 6.09 Å². The Labute approximate surface area is 143 Å². The minimum atomic E-state index is -0.623. The SMILES string of the molecule is CCNC(=O)OC(CN(C=O)C(=O)c1ccccc1C)C(C)(C)C. The molecule has 6 heteroatoms. The smallest absolute Gasteiger partial charge is 0.407 e. The molecule has 0 heterocycles. The third-order valence-corrected chi connectivity index (χ3v) is 3.66. The molecule has 1 unspecified atom stereocenters. The van der Waals surface area contributed by atoms with Gasteiger partial charge in [-0.05, 0) is 25.5 Å². The highest BCUT2D eigenvalue weighted by molar-refractivity contribution is 6.00. The first kappa shape index (κ1) is 19.7. The molecule has 0 spiro atoms. The van der Waals surface area contributed by atoms with Gasteiger partial charge in [-0.2, -0.15) is 0 Å². The molecule has 0 aliphatic heterocycles. The van der Waals surface area contributed by atoms with E-state index >= 15 is 0 Å². The van der Waals surface area contributed by atoms with E-state index in [1.54, 1.807) is 19.1 Å². The number of hydrogen-bond donors (Lipinski definition) is 1. The van der Waals surface area contributed by atoms with Gasteiger partial charge in [0.2, 0.25) is 6.41 Å². The number of carbonyl (C=O) groups is 3. The second-order valence-electron chi connectivity index (χ2n) is 6.67. The Morgan fingerprint density at radius 3 is 2.42 bits per heavy atom. The van der Waals surface area contributed by atoms with Gasteiger partial charge < -0.3 is 10.1 Å². The zero-order valence-corrected chi connectivity index (χ0v) is 15.0. The molecule has 1 aromatic carbocycles. The summed E-state index contributed by atoms with van der Waals surface area (Å²) in [7, 11) is 0. The Bertz CT molecular complexity index is 593. The van der Waals surface area contributed by atoms with Crippen molar-refractivity contribution in [3.05, 3.63) is 35.4 Å². The van der Waals surface area contributed by atoms with Gasteiger partial charge in [0, 0.05) is 17.5 Å². The average molecular weight is 334 g/mol. The van der Waals surface area contributed by atoms with Crippen molar-refractivity contribution in [2.24, 2.45) is 5.41 Å². The predicted molar refractivity (Wildman–Crippen MR) is 91.7 cm³/mol. The molecule has 0 radical (unpaired) electrons. The first-order valence-corrected chi connectivity index (χ1v) is 7.97. The molecule has 6 nitrogen and oxygen atoms in total. The highest BCUT2D eigenvalue weighted by Gasteiger charge is 2.32. The molecular weight excluding hydrogens is 308 g/mol. The van der Waals surface area contributed by atoms with Crippen LogP contribution in [0.3, 0.4) is 0 Å². The van der Waals surface area contributed by atoms with Crippen molar-refractivity contribution in [1.29, 1.82) is 0 Å². The maximum Gasteiger partial charge on any atom is 0.407 e. The maximum atomic E-state index is 12.6. The van der Waals surface area contributed by atoms with Crippen LogP contribution in [0.1, 0.15) is 43.6 Å². The number of rotatable bonds is 6. The summed E-state index contributed by atoms with van der Waals surface area (Å²) in [6, 6.07) is 7.05. The normalized spacial score (nSPS) is 12.2. The molecule has 1 rings (SSSR count). The van der Waals surface area contributed by atoms with Crippen LogP contribution in [0, 0.1) is 12.3 Å². The van der Waals surface area contributed by atoms with Crippen molar-refractivity contribution in [3.8, 4) is 0 Å². The number of benzene rings is 1. The van der Waals surface area contributed by atoms with E-state index < -0.39 is 23.5 Å². The number of amides is 3. The molecule has 132 valence electrons. The lowest BCUT2D eigenvalue weighted by Crippen LogP contribution is -2.46. The average Bonchev–Trinajstić information content (AvgIpc) is 2.50. The number of nitrogens with one attached hydrogen (secondary N) is 1. The number of alkyl carbamates (subject to hydrolysis) is 1. The monoisotopic (exact) mass is 334 g/mol. The Kier molecular flexibility index (Phi) is 6.95.